The van der Waals surface area contributed by atoms with Crippen LogP contribution in [-0.2, 0) is 14.3 Å². The molecular weight excluding hydrogens is 330 g/mol. The molecule has 0 bridgehead atoms. The molecule has 1 aliphatic rings. The molecule has 0 amide bonds. The summed E-state index contributed by atoms with van der Waals surface area (Å²) in [4.78, 5) is 26.7. The lowest BCUT2D eigenvalue weighted by Crippen LogP contribution is -2.40. The Hall–Kier alpha value is -2.50. The van der Waals surface area contributed by atoms with Crippen molar-refractivity contribution in [1.82, 2.24) is 4.90 Å². The lowest BCUT2D eigenvalue weighted by molar-refractivity contribution is -0.161. The molecule has 0 saturated carbocycles. The molecule has 26 heavy (non-hydrogen) atoms. The van der Waals surface area contributed by atoms with Crippen LogP contribution in [0.5, 0.6) is 0 Å². The monoisotopic (exact) mass is 353 g/mol. The molecule has 2 atom stereocenters. The Morgan fingerprint density at radius 3 is 2.38 bits per heavy atom. The largest absolute Gasteiger partial charge is 0.463 e. The molecular formula is C21H23NO4. The third-order valence-corrected chi connectivity index (χ3v) is 4.48. The van der Waals surface area contributed by atoms with Gasteiger partial charge in [0.2, 0.25) is 6.23 Å². The van der Waals surface area contributed by atoms with Gasteiger partial charge in [-0.25, -0.2) is 4.79 Å². The number of Topliss-reactive ketones (excluding diaryl/α,β-unsaturated/α-hetero) is 1. The lowest BCUT2D eigenvalue weighted by atomic mass is 10.0. The van der Waals surface area contributed by atoms with Gasteiger partial charge in [-0.1, -0.05) is 60.7 Å². The Bertz CT molecular complexity index is 732. The normalized spacial score (nSPS) is 20.0. The van der Waals surface area contributed by atoms with Crippen molar-refractivity contribution < 1.29 is 19.1 Å². The first-order valence-corrected chi connectivity index (χ1v) is 8.88. The molecule has 0 N–H and O–H groups in total. The molecule has 0 aliphatic carbocycles. The van der Waals surface area contributed by atoms with E-state index in [1.807, 2.05) is 53.4 Å². The van der Waals surface area contributed by atoms with Gasteiger partial charge in [0, 0.05) is 18.5 Å². The SMILES string of the molecule is CCOC(=O)C1OCC(c2ccccc2)N1CCC(=O)c1ccccc1. The molecule has 1 heterocycles. The number of benzene rings is 2. The summed E-state index contributed by atoms with van der Waals surface area (Å²) in [5, 5.41) is 0. The molecule has 0 spiro atoms. The van der Waals surface area contributed by atoms with Crippen LogP contribution in [0.1, 0.15) is 35.3 Å². The minimum atomic E-state index is -0.774. The number of hydrogen-bond acceptors (Lipinski definition) is 5. The Kier molecular flexibility index (Phi) is 6.15. The number of rotatable bonds is 7. The fraction of sp³-hybridized carbons (Fsp3) is 0.333. The molecule has 5 nitrogen and oxygen atoms in total. The minimum Gasteiger partial charge on any atom is -0.463 e. The molecule has 1 aliphatic heterocycles. The van der Waals surface area contributed by atoms with Crippen molar-refractivity contribution in [3.05, 3.63) is 71.8 Å². The highest BCUT2D eigenvalue weighted by Crippen LogP contribution is 2.31. The maximum Gasteiger partial charge on any atom is 0.350 e. The van der Waals surface area contributed by atoms with Gasteiger partial charge in [0.1, 0.15) is 0 Å². The fourth-order valence-corrected chi connectivity index (χ4v) is 3.19. The first-order chi connectivity index (χ1) is 12.7. The van der Waals surface area contributed by atoms with E-state index in [4.69, 9.17) is 9.47 Å². The summed E-state index contributed by atoms with van der Waals surface area (Å²) in [5.41, 5.74) is 1.74. The van der Waals surface area contributed by atoms with Gasteiger partial charge in [-0.2, -0.15) is 0 Å². The van der Waals surface area contributed by atoms with Crippen molar-refractivity contribution in [2.24, 2.45) is 0 Å². The quantitative estimate of drug-likeness (QED) is 0.565. The molecule has 2 aromatic rings. The standard InChI is InChI=1S/C21H23NO4/c1-2-25-21(24)20-22(14-13-19(23)17-11-7-4-8-12-17)18(15-26-20)16-9-5-3-6-10-16/h3-12,18,20H,2,13-15H2,1H3. The van der Waals surface area contributed by atoms with Gasteiger partial charge in [-0.15, -0.1) is 0 Å². The zero-order chi connectivity index (χ0) is 18.4. The van der Waals surface area contributed by atoms with E-state index in [1.165, 1.54) is 0 Å². The van der Waals surface area contributed by atoms with Crippen molar-refractivity contribution in [2.45, 2.75) is 25.6 Å². The second kappa shape index (κ2) is 8.74. The number of hydrogen-bond donors (Lipinski definition) is 0. The maximum atomic E-state index is 12.5. The van der Waals surface area contributed by atoms with Gasteiger partial charge in [0.15, 0.2) is 5.78 Å². The second-order valence-electron chi connectivity index (χ2n) is 6.14. The van der Waals surface area contributed by atoms with E-state index in [2.05, 4.69) is 0 Å². The zero-order valence-electron chi connectivity index (χ0n) is 14.8. The summed E-state index contributed by atoms with van der Waals surface area (Å²) >= 11 is 0. The van der Waals surface area contributed by atoms with Gasteiger partial charge >= 0.3 is 5.97 Å². The van der Waals surface area contributed by atoms with Gasteiger partial charge in [0.25, 0.3) is 0 Å². The molecule has 5 heteroatoms. The van der Waals surface area contributed by atoms with Crippen LogP contribution >= 0.6 is 0 Å². The number of ether oxygens (including phenoxy) is 2. The van der Waals surface area contributed by atoms with E-state index in [0.717, 1.165) is 5.56 Å². The van der Waals surface area contributed by atoms with E-state index in [9.17, 15) is 9.59 Å². The first-order valence-electron chi connectivity index (χ1n) is 8.88. The van der Waals surface area contributed by atoms with Gasteiger partial charge in [-0.05, 0) is 12.5 Å². The lowest BCUT2D eigenvalue weighted by Gasteiger charge is -2.26. The molecule has 2 aromatic carbocycles. The van der Waals surface area contributed by atoms with E-state index in [1.54, 1.807) is 19.1 Å². The highest BCUT2D eigenvalue weighted by Gasteiger charge is 2.40. The van der Waals surface area contributed by atoms with Crippen LogP contribution in [0.2, 0.25) is 0 Å². The van der Waals surface area contributed by atoms with Crippen LogP contribution in [0.4, 0.5) is 0 Å². The third kappa shape index (κ3) is 4.18. The summed E-state index contributed by atoms with van der Waals surface area (Å²) in [6.45, 7) is 2.89. The highest BCUT2D eigenvalue weighted by molar-refractivity contribution is 5.96. The topological polar surface area (TPSA) is 55.8 Å². The van der Waals surface area contributed by atoms with Crippen molar-refractivity contribution >= 4 is 11.8 Å². The predicted molar refractivity (Wildman–Crippen MR) is 97.7 cm³/mol. The summed E-state index contributed by atoms with van der Waals surface area (Å²) in [5.74, 6) is -0.356. The van der Waals surface area contributed by atoms with Crippen LogP contribution in [0, 0.1) is 0 Å². The smallest absolute Gasteiger partial charge is 0.350 e. The van der Waals surface area contributed by atoms with Crippen molar-refractivity contribution in [1.29, 1.82) is 0 Å². The number of esters is 1. The Morgan fingerprint density at radius 1 is 1.08 bits per heavy atom. The van der Waals surface area contributed by atoms with E-state index < -0.39 is 12.2 Å². The zero-order valence-corrected chi connectivity index (χ0v) is 14.8. The summed E-state index contributed by atoms with van der Waals surface area (Å²) < 4.78 is 10.9. The second-order valence-corrected chi connectivity index (χ2v) is 6.14. The van der Waals surface area contributed by atoms with Gasteiger partial charge < -0.3 is 9.47 Å². The molecule has 1 saturated heterocycles. The minimum absolute atomic E-state index is 0.0481. The van der Waals surface area contributed by atoms with Crippen LogP contribution < -0.4 is 0 Å². The summed E-state index contributed by atoms with van der Waals surface area (Å²) in [7, 11) is 0. The average Bonchev–Trinajstić information content (AvgIpc) is 3.11. The Labute approximate surface area is 153 Å². The van der Waals surface area contributed by atoms with Crippen LogP contribution in [0.3, 0.4) is 0 Å². The van der Waals surface area contributed by atoms with E-state index in [-0.39, 0.29) is 11.8 Å². The van der Waals surface area contributed by atoms with Crippen molar-refractivity contribution in [2.75, 3.05) is 19.8 Å². The molecule has 3 rings (SSSR count). The van der Waals surface area contributed by atoms with Gasteiger partial charge in [-0.3, -0.25) is 9.69 Å². The van der Waals surface area contributed by atoms with Crippen LogP contribution in [0.15, 0.2) is 60.7 Å². The van der Waals surface area contributed by atoms with Crippen LogP contribution in [0.25, 0.3) is 0 Å². The number of nitrogens with zero attached hydrogens (tertiary/aromatic N) is 1. The molecule has 1 fully saturated rings. The number of carbonyl (C=O) groups is 2. The Morgan fingerprint density at radius 2 is 1.73 bits per heavy atom. The van der Waals surface area contributed by atoms with E-state index >= 15 is 0 Å². The third-order valence-electron chi connectivity index (χ3n) is 4.48. The fourth-order valence-electron chi connectivity index (χ4n) is 3.19. The van der Waals surface area contributed by atoms with E-state index in [0.29, 0.717) is 31.7 Å². The molecule has 0 aromatic heterocycles. The molecule has 2 unspecified atom stereocenters. The highest BCUT2D eigenvalue weighted by atomic mass is 16.6. The van der Waals surface area contributed by atoms with Crippen molar-refractivity contribution in [3.63, 3.8) is 0 Å². The molecule has 0 radical (unpaired) electrons. The Balaban J connectivity index is 1.75. The maximum absolute atomic E-state index is 12.5. The van der Waals surface area contributed by atoms with Crippen LogP contribution in [-0.4, -0.2) is 42.6 Å². The number of carbonyl (C=O) groups excluding carboxylic acids is 2. The first kappa shape index (κ1) is 18.3. The molecule has 136 valence electrons. The summed E-state index contributed by atoms with van der Waals surface area (Å²) in [6, 6.07) is 19.0. The van der Waals surface area contributed by atoms with Crippen molar-refractivity contribution in [3.8, 4) is 0 Å². The number of ketones is 1. The predicted octanol–water partition coefficient (Wildman–Crippen LogP) is 3.22. The summed E-state index contributed by atoms with van der Waals surface area (Å²) in [6.07, 6.45) is -0.462. The average molecular weight is 353 g/mol. The van der Waals surface area contributed by atoms with Gasteiger partial charge in [0.05, 0.1) is 19.3 Å².